The second kappa shape index (κ2) is 10.0. The van der Waals surface area contributed by atoms with Gasteiger partial charge in [0.05, 0.1) is 65.2 Å². The lowest BCUT2D eigenvalue weighted by Crippen LogP contribution is -3.21. The molecular weight excluding hydrogens is 442 g/mol. The van der Waals surface area contributed by atoms with Crippen molar-refractivity contribution in [2.45, 2.75) is 25.4 Å². The number of para-hydroxylation sites is 2. The predicted octanol–water partition coefficient (Wildman–Crippen LogP) is 1.42. The third-order valence-electron chi connectivity index (χ3n) is 6.78. The average molecular weight is 476 g/mol. The van der Waals surface area contributed by atoms with Gasteiger partial charge in [0.2, 0.25) is 0 Å². The lowest BCUT2D eigenvalue weighted by molar-refractivity contribution is -0.963. The summed E-state index contributed by atoms with van der Waals surface area (Å²) in [6, 6.07) is 15.5. The number of likely N-dealkylation sites (tertiary alicyclic amines) is 1. The quantitative estimate of drug-likeness (QED) is 0.662. The highest BCUT2D eigenvalue weighted by Crippen LogP contribution is 2.27. The Bertz CT molecular complexity index is 831. The molecule has 0 unspecified atom stereocenters. The molecule has 162 valence electrons. The van der Waals surface area contributed by atoms with E-state index in [2.05, 4.69) is 57.2 Å². The van der Waals surface area contributed by atoms with Gasteiger partial charge in [0, 0.05) is 22.9 Å². The van der Waals surface area contributed by atoms with Gasteiger partial charge in [-0.05, 0) is 30.3 Å². The molecular formula is C24H34BrN3O2+2. The van der Waals surface area contributed by atoms with E-state index in [1.54, 1.807) is 24.0 Å². The van der Waals surface area contributed by atoms with E-state index in [0.717, 1.165) is 41.6 Å². The van der Waals surface area contributed by atoms with Gasteiger partial charge in [-0.25, -0.2) is 0 Å². The number of nitrogens with zero attached hydrogens (tertiary/aromatic N) is 1. The highest BCUT2D eigenvalue weighted by Gasteiger charge is 2.33. The highest BCUT2D eigenvalue weighted by atomic mass is 79.9. The maximum absolute atomic E-state index is 5.57. The smallest absolute Gasteiger partial charge is 0.142 e. The number of ether oxygens (including phenoxy) is 2. The molecule has 0 atom stereocenters. The lowest BCUT2D eigenvalue weighted by atomic mass is 10.0. The van der Waals surface area contributed by atoms with E-state index in [9.17, 15) is 0 Å². The van der Waals surface area contributed by atoms with Gasteiger partial charge in [-0.15, -0.1) is 0 Å². The van der Waals surface area contributed by atoms with Gasteiger partial charge in [-0.2, -0.15) is 0 Å². The highest BCUT2D eigenvalue weighted by molar-refractivity contribution is 9.10. The minimum Gasteiger partial charge on any atom is -0.496 e. The average Bonchev–Trinajstić information content (AvgIpc) is 2.80. The van der Waals surface area contributed by atoms with Crippen molar-refractivity contribution in [3.63, 3.8) is 0 Å². The second-order valence-corrected chi connectivity index (χ2v) is 9.39. The number of nitrogens with one attached hydrogen (secondary N) is 2. The van der Waals surface area contributed by atoms with Crippen molar-refractivity contribution in [3.8, 4) is 11.5 Å². The van der Waals surface area contributed by atoms with Crippen LogP contribution in [0.3, 0.4) is 0 Å². The topological polar surface area (TPSA) is 30.6 Å². The third kappa shape index (κ3) is 4.93. The number of methoxy groups -OCH3 is 2. The minimum atomic E-state index is 0.804. The molecule has 0 spiro atoms. The first kappa shape index (κ1) is 21.5. The van der Waals surface area contributed by atoms with Crippen molar-refractivity contribution in [2.75, 3.05) is 58.4 Å². The molecule has 2 N–H and O–H groups in total. The summed E-state index contributed by atoms with van der Waals surface area (Å²) in [5, 5.41) is 0. The van der Waals surface area contributed by atoms with Crippen LogP contribution in [0.4, 0.5) is 5.69 Å². The maximum Gasteiger partial charge on any atom is 0.142 e. The molecule has 4 rings (SSSR count). The number of halogens is 1. The molecule has 0 radical (unpaired) electrons. The summed E-state index contributed by atoms with van der Waals surface area (Å²) in [7, 11) is 3.53. The molecule has 2 heterocycles. The van der Waals surface area contributed by atoms with Crippen LogP contribution in [0.15, 0.2) is 46.9 Å². The van der Waals surface area contributed by atoms with Crippen LogP contribution >= 0.6 is 15.9 Å². The molecule has 2 aromatic rings. The summed E-state index contributed by atoms with van der Waals surface area (Å²) in [5.41, 5.74) is 2.54. The first-order chi connectivity index (χ1) is 14.7. The summed E-state index contributed by atoms with van der Waals surface area (Å²) in [4.78, 5) is 5.96. The van der Waals surface area contributed by atoms with E-state index in [1.165, 1.54) is 50.3 Å². The van der Waals surface area contributed by atoms with E-state index in [1.807, 2.05) is 6.07 Å². The van der Waals surface area contributed by atoms with E-state index < -0.39 is 0 Å². The molecule has 2 aliphatic heterocycles. The minimum absolute atomic E-state index is 0.804. The number of hydrogen-bond donors (Lipinski definition) is 2. The summed E-state index contributed by atoms with van der Waals surface area (Å²) in [6.07, 6.45) is 2.63. The molecule has 0 bridgehead atoms. The van der Waals surface area contributed by atoms with Crippen LogP contribution in [0.2, 0.25) is 0 Å². The van der Waals surface area contributed by atoms with Crippen LogP contribution in [0.25, 0.3) is 0 Å². The van der Waals surface area contributed by atoms with Crippen molar-refractivity contribution >= 4 is 21.6 Å². The van der Waals surface area contributed by atoms with Crippen LogP contribution in [0.1, 0.15) is 18.4 Å². The molecule has 0 aromatic heterocycles. The molecule has 0 amide bonds. The van der Waals surface area contributed by atoms with E-state index >= 15 is 0 Å². The monoisotopic (exact) mass is 475 g/mol. The zero-order valence-corrected chi connectivity index (χ0v) is 19.7. The summed E-state index contributed by atoms with van der Waals surface area (Å²) in [5.74, 6) is 1.99. The Morgan fingerprint density at radius 2 is 1.63 bits per heavy atom. The number of quaternary nitrogens is 2. The summed E-state index contributed by atoms with van der Waals surface area (Å²) >= 11 is 3.60. The number of hydrogen-bond acceptors (Lipinski definition) is 3. The molecule has 0 aliphatic carbocycles. The Hall–Kier alpha value is -1.76. The molecule has 0 saturated carbocycles. The summed E-state index contributed by atoms with van der Waals surface area (Å²) in [6.45, 7) is 8.21. The van der Waals surface area contributed by atoms with Crippen molar-refractivity contribution in [3.05, 3.63) is 52.5 Å². The van der Waals surface area contributed by atoms with Gasteiger partial charge < -0.3 is 24.2 Å². The Balaban J connectivity index is 1.28. The fraction of sp³-hybridized carbons (Fsp3) is 0.500. The SMILES string of the molecule is COc1ccc(Br)cc1C[NH+]1CCC([NH+]2CCN(c3ccccc3OC)CC2)CC1. The van der Waals surface area contributed by atoms with Gasteiger partial charge in [-0.3, -0.25) is 0 Å². The Morgan fingerprint density at radius 1 is 0.933 bits per heavy atom. The fourth-order valence-electron chi connectivity index (χ4n) is 5.10. The van der Waals surface area contributed by atoms with Gasteiger partial charge >= 0.3 is 0 Å². The lowest BCUT2D eigenvalue weighted by Gasteiger charge is -2.40. The third-order valence-corrected chi connectivity index (χ3v) is 7.28. The molecule has 30 heavy (non-hydrogen) atoms. The van der Waals surface area contributed by atoms with Crippen molar-refractivity contribution in [2.24, 2.45) is 0 Å². The largest absolute Gasteiger partial charge is 0.496 e. The molecule has 2 aromatic carbocycles. The Labute approximate surface area is 188 Å². The van der Waals surface area contributed by atoms with Crippen LogP contribution in [-0.2, 0) is 6.54 Å². The van der Waals surface area contributed by atoms with E-state index in [-0.39, 0.29) is 0 Å². The predicted molar refractivity (Wildman–Crippen MR) is 124 cm³/mol. The number of rotatable bonds is 6. The molecule has 2 fully saturated rings. The summed E-state index contributed by atoms with van der Waals surface area (Å²) < 4.78 is 12.3. The Morgan fingerprint density at radius 3 is 2.33 bits per heavy atom. The van der Waals surface area contributed by atoms with E-state index in [0.29, 0.717) is 0 Å². The molecule has 2 saturated heterocycles. The molecule has 5 nitrogen and oxygen atoms in total. The second-order valence-electron chi connectivity index (χ2n) is 8.47. The van der Waals surface area contributed by atoms with Gasteiger partial charge in [0.25, 0.3) is 0 Å². The van der Waals surface area contributed by atoms with Gasteiger partial charge in [0.15, 0.2) is 0 Å². The van der Waals surface area contributed by atoms with Crippen molar-refractivity contribution < 1.29 is 19.3 Å². The number of piperidine rings is 1. The maximum atomic E-state index is 5.57. The fourth-order valence-corrected chi connectivity index (χ4v) is 5.51. The van der Waals surface area contributed by atoms with Crippen LogP contribution < -0.4 is 24.2 Å². The molecule has 2 aliphatic rings. The van der Waals surface area contributed by atoms with Crippen molar-refractivity contribution in [1.29, 1.82) is 0 Å². The number of piperazine rings is 1. The van der Waals surface area contributed by atoms with Crippen LogP contribution in [0, 0.1) is 0 Å². The zero-order chi connectivity index (χ0) is 20.9. The first-order valence-corrected chi connectivity index (χ1v) is 11.9. The molecule has 6 heteroatoms. The van der Waals surface area contributed by atoms with Crippen LogP contribution in [-0.4, -0.2) is 59.5 Å². The van der Waals surface area contributed by atoms with Crippen molar-refractivity contribution in [1.82, 2.24) is 0 Å². The zero-order valence-electron chi connectivity index (χ0n) is 18.1. The normalized spacial score (nSPS) is 22.7. The number of benzene rings is 2. The van der Waals surface area contributed by atoms with Crippen LogP contribution in [0.5, 0.6) is 11.5 Å². The standard InChI is InChI=1S/C24H32BrN3O2/c1-29-23-8-7-20(25)17-19(23)18-26-11-9-21(10-12-26)27-13-15-28(16-14-27)22-5-3-4-6-24(22)30-2/h3-8,17,21H,9-16,18H2,1-2H3/p+2. The Kier molecular flexibility index (Phi) is 7.18. The van der Waals surface area contributed by atoms with Gasteiger partial charge in [0.1, 0.15) is 18.0 Å². The first-order valence-electron chi connectivity index (χ1n) is 11.1. The number of anilines is 1. The van der Waals surface area contributed by atoms with E-state index in [4.69, 9.17) is 9.47 Å². The van der Waals surface area contributed by atoms with Gasteiger partial charge in [-0.1, -0.05) is 28.1 Å².